The van der Waals surface area contributed by atoms with Crippen LogP contribution in [0.2, 0.25) is 0 Å². The third-order valence-corrected chi connectivity index (χ3v) is 8.06. The standard InChI is InChI=1S/C30H34N4O5S/c1-37-23-8-5-7-22(19-23)25-20-26(24-9-3-4-10-27(24)38-2)34(31-25)29(35)21-33(30(36)28-11-6-18-40-28)13-12-32-14-16-39-17-15-32/h3-11,18-19,26H,12-17,20-21H2,1-2H3/t26-/m1/s1. The summed E-state index contributed by atoms with van der Waals surface area (Å²) in [6.45, 7) is 3.99. The van der Waals surface area contributed by atoms with Gasteiger partial charge in [0, 0.05) is 43.7 Å². The predicted octanol–water partition coefficient (Wildman–Crippen LogP) is 3.92. The van der Waals surface area contributed by atoms with Gasteiger partial charge >= 0.3 is 0 Å². The monoisotopic (exact) mass is 562 g/mol. The van der Waals surface area contributed by atoms with Crippen molar-refractivity contribution < 1.29 is 23.8 Å². The molecule has 3 aromatic rings. The molecule has 40 heavy (non-hydrogen) atoms. The van der Waals surface area contributed by atoms with Crippen LogP contribution in [0.5, 0.6) is 11.5 Å². The van der Waals surface area contributed by atoms with Crippen LogP contribution in [-0.2, 0) is 9.53 Å². The van der Waals surface area contributed by atoms with Crippen LogP contribution in [0.3, 0.4) is 0 Å². The van der Waals surface area contributed by atoms with Crippen LogP contribution in [-0.4, -0.2) is 92.5 Å². The number of carbonyl (C=O) groups is 2. The van der Waals surface area contributed by atoms with Crippen molar-refractivity contribution in [3.63, 3.8) is 0 Å². The Bertz CT molecular complexity index is 1340. The smallest absolute Gasteiger partial charge is 0.264 e. The Kier molecular flexibility index (Phi) is 9.10. The quantitative estimate of drug-likeness (QED) is 0.373. The molecule has 0 saturated carbocycles. The molecule has 1 aromatic heterocycles. The molecule has 0 radical (unpaired) electrons. The highest BCUT2D eigenvalue weighted by Crippen LogP contribution is 2.38. The number of carbonyl (C=O) groups excluding carboxylic acids is 2. The number of rotatable bonds is 10. The van der Waals surface area contributed by atoms with Crippen LogP contribution in [0.4, 0.5) is 0 Å². The van der Waals surface area contributed by atoms with Crippen LogP contribution < -0.4 is 9.47 Å². The average molecular weight is 563 g/mol. The van der Waals surface area contributed by atoms with Crippen molar-refractivity contribution in [3.05, 3.63) is 82.0 Å². The molecule has 0 spiro atoms. The minimum absolute atomic E-state index is 0.0817. The van der Waals surface area contributed by atoms with E-state index in [1.165, 1.54) is 16.3 Å². The SMILES string of the molecule is COc1cccc(C2=NN(C(=O)CN(CCN3CCOCC3)C(=O)c3cccs3)[C@@H](c3ccccc3OC)C2)c1. The zero-order valence-electron chi connectivity index (χ0n) is 22.8. The van der Waals surface area contributed by atoms with E-state index in [9.17, 15) is 9.59 Å². The second-order valence-electron chi connectivity index (χ2n) is 9.64. The van der Waals surface area contributed by atoms with Crippen molar-refractivity contribution in [3.8, 4) is 11.5 Å². The topological polar surface area (TPSA) is 83.9 Å². The zero-order chi connectivity index (χ0) is 27.9. The number of nitrogens with zero attached hydrogens (tertiary/aromatic N) is 4. The average Bonchev–Trinajstić information content (AvgIpc) is 3.71. The highest BCUT2D eigenvalue weighted by atomic mass is 32.1. The summed E-state index contributed by atoms with van der Waals surface area (Å²) in [5.74, 6) is 1.00. The van der Waals surface area contributed by atoms with Gasteiger partial charge in [-0.05, 0) is 29.6 Å². The second-order valence-corrected chi connectivity index (χ2v) is 10.6. The molecule has 3 heterocycles. The van der Waals surface area contributed by atoms with Gasteiger partial charge in [0.1, 0.15) is 18.0 Å². The Balaban J connectivity index is 1.43. The molecule has 2 amide bonds. The number of amides is 2. The van der Waals surface area contributed by atoms with Crippen molar-refractivity contribution >= 4 is 28.9 Å². The molecular formula is C30H34N4O5S. The van der Waals surface area contributed by atoms with Crippen LogP contribution >= 0.6 is 11.3 Å². The number of methoxy groups -OCH3 is 2. The highest BCUT2D eigenvalue weighted by Gasteiger charge is 2.36. The van der Waals surface area contributed by atoms with Crippen molar-refractivity contribution in [1.82, 2.24) is 14.8 Å². The van der Waals surface area contributed by atoms with Crippen molar-refractivity contribution in [2.24, 2.45) is 5.10 Å². The Morgan fingerprint density at radius 2 is 1.88 bits per heavy atom. The van der Waals surface area contributed by atoms with Gasteiger partial charge in [0.05, 0.1) is 44.1 Å². The summed E-state index contributed by atoms with van der Waals surface area (Å²) in [5.41, 5.74) is 2.52. The first kappa shape index (κ1) is 27.8. The van der Waals surface area contributed by atoms with Crippen LogP contribution in [0.1, 0.15) is 33.3 Å². The fraction of sp³-hybridized carbons (Fsp3) is 0.367. The predicted molar refractivity (Wildman–Crippen MR) is 154 cm³/mol. The minimum Gasteiger partial charge on any atom is -0.497 e. The van der Waals surface area contributed by atoms with Gasteiger partial charge in [0.2, 0.25) is 0 Å². The summed E-state index contributed by atoms with van der Waals surface area (Å²) in [6, 6.07) is 18.6. The van der Waals surface area contributed by atoms with Gasteiger partial charge in [0.15, 0.2) is 0 Å². The molecule has 9 nitrogen and oxygen atoms in total. The number of thiophene rings is 1. The normalized spacial score (nSPS) is 17.4. The molecule has 2 aliphatic rings. The first-order chi connectivity index (χ1) is 19.6. The molecule has 210 valence electrons. The van der Waals surface area contributed by atoms with Gasteiger partial charge in [-0.3, -0.25) is 14.5 Å². The van der Waals surface area contributed by atoms with E-state index in [2.05, 4.69) is 4.90 Å². The first-order valence-electron chi connectivity index (χ1n) is 13.4. The van der Waals surface area contributed by atoms with Crippen LogP contribution in [0, 0.1) is 0 Å². The molecule has 1 atom stereocenters. The van der Waals surface area contributed by atoms with Gasteiger partial charge in [-0.15, -0.1) is 11.3 Å². The first-order valence-corrected chi connectivity index (χ1v) is 14.2. The van der Waals surface area contributed by atoms with E-state index in [0.29, 0.717) is 43.4 Å². The Hall–Kier alpha value is -3.73. The number of hydrogen-bond acceptors (Lipinski definition) is 8. The summed E-state index contributed by atoms with van der Waals surface area (Å²) in [6.07, 6.45) is 0.506. The van der Waals surface area contributed by atoms with Gasteiger partial charge in [-0.25, -0.2) is 5.01 Å². The van der Waals surface area contributed by atoms with E-state index < -0.39 is 0 Å². The number of ether oxygens (including phenoxy) is 3. The maximum atomic E-state index is 14.0. The third kappa shape index (κ3) is 6.35. The third-order valence-electron chi connectivity index (χ3n) is 7.20. The van der Waals surface area contributed by atoms with Gasteiger partial charge in [-0.2, -0.15) is 5.10 Å². The Labute approximate surface area is 238 Å². The molecule has 0 N–H and O–H groups in total. The van der Waals surface area contributed by atoms with Crippen molar-refractivity contribution in [1.29, 1.82) is 0 Å². The fourth-order valence-corrected chi connectivity index (χ4v) is 5.72. The number of morpholine rings is 1. The van der Waals surface area contributed by atoms with Gasteiger partial charge < -0.3 is 19.1 Å². The number of hydrazone groups is 1. The van der Waals surface area contributed by atoms with E-state index >= 15 is 0 Å². The molecule has 2 aromatic carbocycles. The lowest BCUT2D eigenvalue weighted by Crippen LogP contribution is -2.46. The molecule has 0 unspecified atom stereocenters. The van der Waals surface area contributed by atoms with Crippen molar-refractivity contribution in [2.75, 3.05) is 60.2 Å². The van der Waals surface area contributed by atoms with Gasteiger partial charge in [-0.1, -0.05) is 36.4 Å². The largest absolute Gasteiger partial charge is 0.497 e. The maximum absolute atomic E-state index is 14.0. The maximum Gasteiger partial charge on any atom is 0.264 e. The molecular weight excluding hydrogens is 528 g/mol. The van der Waals surface area contributed by atoms with E-state index in [4.69, 9.17) is 19.3 Å². The molecule has 10 heteroatoms. The van der Waals surface area contributed by atoms with E-state index in [-0.39, 0.29) is 24.4 Å². The minimum atomic E-state index is -0.372. The number of benzene rings is 2. The molecule has 2 aliphatic heterocycles. The summed E-state index contributed by atoms with van der Waals surface area (Å²) in [5, 5.41) is 8.22. The zero-order valence-corrected chi connectivity index (χ0v) is 23.6. The van der Waals surface area contributed by atoms with Crippen LogP contribution in [0.25, 0.3) is 0 Å². The Morgan fingerprint density at radius 1 is 1.05 bits per heavy atom. The van der Waals surface area contributed by atoms with Gasteiger partial charge in [0.25, 0.3) is 11.8 Å². The summed E-state index contributed by atoms with van der Waals surface area (Å²) >= 11 is 1.38. The number of hydrogen-bond donors (Lipinski definition) is 0. The molecule has 1 fully saturated rings. The highest BCUT2D eigenvalue weighted by molar-refractivity contribution is 7.12. The lowest BCUT2D eigenvalue weighted by molar-refractivity contribution is -0.133. The summed E-state index contributed by atoms with van der Waals surface area (Å²) < 4.78 is 16.5. The lowest BCUT2D eigenvalue weighted by atomic mass is 9.97. The van der Waals surface area contributed by atoms with Crippen LogP contribution in [0.15, 0.2) is 71.1 Å². The summed E-state index contributed by atoms with van der Waals surface area (Å²) in [4.78, 5) is 32.0. The molecule has 1 saturated heterocycles. The molecule has 0 aliphatic carbocycles. The molecule has 0 bridgehead atoms. The van der Waals surface area contributed by atoms with E-state index in [1.807, 2.05) is 60.0 Å². The second kappa shape index (κ2) is 13.1. The Morgan fingerprint density at radius 3 is 2.62 bits per heavy atom. The fourth-order valence-electron chi connectivity index (χ4n) is 5.03. The lowest BCUT2D eigenvalue weighted by Gasteiger charge is -2.31. The van der Waals surface area contributed by atoms with E-state index in [1.54, 1.807) is 25.2 Å². The van der Waals surface area contributed by atoms with Crippen molar-refractivity contribution in [2.45, 2.75) is 12.5 Å². The van der Waals surface area contributed by atoms with E-state index in [0.717, 1.165) is 35.7 Å². The molecule has 5 rings (SSSR count). The number of para-hydroxylation sites is 1. The summed E-state index contributed by atoms with van der Waals surface area (Å²) in [7, 11) is 3.25.